The molecule has 0 radical (unpaired) electrons. The lowest BCUT2D eigenvalue weighted by atomic mass is 9.84. The first-order valence-corrected chi connectivity index (χ1v) is 5.60. The van der Waals surface area contributed by atoms with E-state index in [4.69, 9.17) is 10.6 Å². The van der Waals surface area contributed by atoms with Crippen molar-refractivity contribution in [2.75, 3.05) is 0 Å². The summed E-state index contributed by atoms with van der Waals surface area (Å²) in [5.74, 6) is -0.952. The van der Waals surface area contributed by atoms with Crippen LogP contribution in [-0.4, -0.2) is 28.3 Å². The normalized spacial score (nSPS) is 20.8. The predicted octanol–water partition coefficient (Wildman–Crippen LogP) is 2.08. The second kappa shape index (κ2) is 6.35. The Hall–Kier alpha value is -1.26. The Morgan fingerprint density at radius 1 is 1.44 bits per heavy atom. The SMILES string of the molecule is [N-]=[N+]=N[C@@H](CC1CCCCC1)[C@@H](O)C(=O)O. The van der Waals surface area contributed by atoms with E-state index in [1.54, 1.807) is 0 Å². The number of nitrogens with zero attached hydrogens (tertiary/aromatic N) is 3. The van der Waals surface area contributed by atoms with E-state index in [0.29, 0.717) is 12.3 Å². The molecular weight excluding hydrogens is 210 g/mol. The Morgan fingerprint density at radius 2 is 2.06 bits per heavy atom. The van der Waals surface area contributed by atoms with Crippen molar-refractivity contribution in [2.45, 2.75) is 50.7 Å². The zero-order chi connectivity index (χ0) is 12.0. The topological polar surface area (TPSA) is 106 Å². The van der Waals surface area contributed by atoms with Crippen molar-refractivity contribution in [2.24, 2.45) is 11.0 Å². The quantitative estimate of drug-likeness (QED) is 0.426. The molecule has 1 aliphatic rings. The van der Waals surface area contributed by atoms with E-state index < -0.39 is 18.1 Å². The minimum atomic E-state index is -1.59. The molecule has 0 bridgehead atoms. The van der Waals surface area contributed by atoms with Crippen LogP contribution in [0.15, 0.2) is 5.11 Å². The van der Waals surface area contributed by atoms with Crippen molar-refractivity contribution in [1.82, 2.24) is 0 Å². The average Bonchev–Trinajstić information content (AvgIpc) is 2.29. The van der Waals surface area contributed by atoms with Gasteiger partial charge in [-0.25, -0.2) is 4.79 Å². The maximum absolute atomic E-state index is 10.6. The summed E-state index contributed by atoms with van der Waals surface area (Å²) in [6, 6.07) is -0.842. The molecule has 0 saturated heterocycles. The predicted molar refractivity (Wildman–Crippen MR) is 57.8 cm³/mol. The van der Waals surface area contributed by atoms with Crippen LogP contribution in [0.1, 0.15) is 38.5 Å². The number of aliphatic carboxylic acids is 1. The van der Waals surface area contributed by atoms with Gasteiger partial charge in [0.05, 0.1) is 6.04 Å². The van der Waals surface area contributed by atoms with Crippen molar-refractivity contribution in [3.05, 3.63) is 10.4 Å². The third-order valence-electron chi connectivity index (χ3n) is 3.12. The zero-order valence-corrected chi connectivity index (χ0v) is 9.12. The molecule has 0 aromatic rings. The van der Waals surface area contributed by atoms with Crippen LogP contribution in [0.4, 0.5) is 0 Å². The number of azide groups is 1. The summed E-state index contributed by atoms with van der Waals surface area (Å²) < 4.78 is 0. The average molecular weight is 227 g/mol. The van der Waals surface area contributed by atoms with Crippen LogP contribution in [0, 0.1) is 5.92 Å². The maximum Gasteiger partial charge on any atom is 0.332 e. The van der Waals surface area contributed by atoms with Crippen LogP contribution in [0.2, 0.25) is 0 Å². The van der Waals surface area contributed by atoms with Crippen LogP contribution in [0.3, 0.4) is 0 Å². The van der Waals surface area contributed by atoms with E-state index >= 15 is 0 Å². The van der Waals surface area contributed by atoms with Crippen molar-refractivity contribution in [3.63, 3.8) is 0 Å². The van der Waals surface area contributed by atoms with Crippen molar-refractivity contribution in [1.29, 1.82) is 0 Å². The highest BCUT2D eigenvalue weighted by Gasteiger charge is 2.28. The van der Waals surface area contributed by atoms with Crippen molar-refractivity contribution in [3.8, 4) is 0 Å². The molecule has 1 fully saturated rings. The molecule has 6 heteroatoms. The number of hydrogen-bond donors (Lipinski definition) is 2. The Bertz CT molecular complexity index is 283. The van der Waals surface area contributed by atoms with Gasteiger partial charge in [-0.15, -0.1) is 0 Å². The number of aliphatic hydroxyl groups is 1. The van der Waals surface area contributed by atoms with Gasteiger partial charge in [-0.1, -0.05) is 37.2 Å². The molecule has 2 N–H and O–H groups in total. The molecular formula is C10H17N3O3. The fourth-order valence-electron chi connectivity index (χ4n) is 2.23. The lowest BCUT2D eigenvalue weighted by Gasteiger charge is -2.25. The van der Waals surface area contributed by atoms with Crippen molar-refractivity contribution >= 4 is 5.97 Å². The maximum atomic E-state index is 10.6. The van der Waals surface area contributed by atoms with Gasteiger partial charge >= 0.3 is 5.97 Å². The zero-order valence-electron chi connectivity index (χ0n) is 9.12. The number of aliphatic hydroxyl groups excluding tert-OH is 1. The summed E-state index contributed by atoms with van der Waals surface area (Å²) in [6.07, 6.45) is 4.43. The standard InChI is InChI=1S/C10H17N3O3/c11-13-12-8(9(14)10(15)16)6-7-4-2-1-3-5-7/h7-9,14H,1-6H2,(H,15,16)/t8-,9+/m0/s1. The van der Waals surface area contributed by atoms with Gasteiger partial charge in [-0.05, 0) is 17.9 Å². The van der Waals surface area contributed by atoms with Gasteiger partial charge in [-0.3, -0.25) is 0 Å². The van der Waals surface area contributed by atoms with E-state index in [1.807, 2.05) is 0 Å². The Balaban J connectivity index is 2.55. The number of carboxylic acids is 1. The van der Waals surface area contributed by atoms with Crippen LogP contribution >= 0.6 is 0 Å². The molecule has 0 aromatic carbocycles. The number of rotatable bonds is 5. The highest BCUT2D eigenvalue weighted by atomic mass is 16.4. The van der Waals surface area contributed by atoms with Gasteiger partial charge in [0.15, 0.2) is 6.10 Å². The van der Waals surface area contributed by atoms with Gasteiger partial charge in [0.25, 0.3) is 0 Å². The molecule has 0 unspecified atom stereocenters. The third kappa shape index (κ3) is 3.72. The molecule has 0 aliphatic heterocycles. The molecule has 2 atom stereocenters. The minimum Gasteiger partial charge on any atom is -0.479 e. The fourth-order valence-corrected chi connectivity index (χ4v) is 2.23. The summed E-state index contributed by atoms with van der Waals surface area (Å²) in [5, 5.41) is 21.4. The molecule has 0 spiro atoms. The van der Waals surface area contributed by atoms with E-state index in [-0.39, 0.29) is 0 Å². The van der Waals surface area contributed by atoms with Gasteiger partial charge in [0.2, 0.25) is 0 Å². The summed E-state index contributed by atoms with van der Waals surface area (Å²) >= 11 is 0. The number of hydrogen-bond acceptors (Lipinski definition) is 3. The summed E-state index contributed by atoms with van der Waals surface area (Å²) in [7, 11) is 0. The van der Waals surface area contributed by atoms with E-state index in [9.17, 15) is 9.90 Å². The first-order chi connectivity index (χ1) is 7.65. The van der Waals surface area contributed by atoms with Gasteiger partial charge in [0, 0.05) is 4.91 Å². The van der Waals surface area contributed by atoms with Crippen molar-refractivity contribution < 1.29 is 15.0 Å². The minimum absolute atomic E-state index is 0.373. The van der Waals surface area contributed by atoms with Gasteiger partial charge in [-0.2, -0.15) is 0 Å². The Kier molecular flexibility index (Phi) is 5.08. The summed E-state index contributed by atoms with van der Waals surface area (Å²) in [6.45, 7) is 0. The van der Waals surface area contributed by atoms with Crippen LogP contribution in [0.5, 0.6) is 0 Å². The molecule has 0 amide bonds. The van der Waals surface area contributed by atoms with E-state index in [0.717, 1.165) is 25.7 Å². The van der Waals surface area contributed by atoms with Crippen LogP contribution in [0.25, 0.3) is 10.4 Å². The second-order valence-electron chi connectivity index (χ2n) is 4.30. The van der Waals surface area contributed by atoms with Gasteiger partial charge in [0.1, 0.15) is 0 Å². The first kappa shape index (κ1) is 12.8. The second-order valence-corrected chi connectivity index (χ2v) is 4.30. The molecule has 6 nitrogen and oxygen atoms in total. The molecule has 1 rings (SSSR count). The molecule has 0 heterocycles. The molecule has 0 aromatic heterocycles. The van der Waals surface area contributed by atoms with Gasteiger partial charge < -0.3 is 10.2 Å². The smallest absolute Gasteiger partial charge is 0.332 e. The molecule has 1 saturated carbocycles. The highest BCUT2D eigenvalue weighted by Crippen LogP contribution is 2.28. The van der Waals surface area contributed by atoms with Crippen LogP contribution < -0.4 is 0 Å². The molecule has 1 aliphatic carbocycles. The third-order valence-corrected chi connectivity index (χ3v) is 3.12. The van der Waals surface area contributed by atoms with Crippen LogP contribution in [-0.2, 0) is 4.79 Å². The lowest BCUT2D eigenvalue weighted by Crippen LogP contribution is -2.34. The Labute approximate surface area is 93.9 Å². The fraction of sp³-hybridized carbons (Fsp3) is 0.900. The summed E-state index contributed by atoms with van der Waals surface area (Å²) in [5.41, 5.74) is 8.35. The first-order valence-electron chi connectivity index (χ1n) is 5.60. The lowest BCUT2D eigenvalue weighted by molar-refractivity contribution is -0.147. The molecule has 16 heavy (non-hydrogen) atoms. The monoisotopic (exact) mass is 227 g/mol. The highest BCUT2D eigenvalue weighted by molar-refractivity contribution is 5.72. The number of carboxylic acid groups (broad SMARTS) is 1. The van der Waals surface area contributed by atoms with E-state index in [2.05, 4.69) is 10.0 Å². The summed E-state index contributed by atoms with van der Waals surface area (Å²) in [4.78, 5) is 13.2. The molecule has 90 valence electrons. The largest absolute Gasteiger partial charge is 0.479 e. The van der Waals surface area contributed by atoms with E-state index in [1.165, 1.54) is 6.42 Å². The number of carbonyl (C=O) groups is 1. The Morgan fingerprint density at radius 3 is 2.56 bits per heavy atom.